The molecule has 0 heterocycles. The third-order valence-corrected chi connectivity index (χ3v) is 5.08. The van der Waals surface area contributed by atoms with Crippen LogP contribution in [0.4, 0.5) is 0 Å². The van der Waals surface area contributed by atoms with E-state index in [1.165, 1.54) is 52.4 Å². The van der Waals surface area contributed by atoms with Crippen LogP contribution in [0, 0.1) is 13.8 Å². The minimum Gasteiger partial charge on any atom is -0.330 e. The molecule has 0 saturated carbocycles. The molecule has 0 aliphatic rings. The zero-order chi connectivity index (χ0) is 24.1. The van der Waals surface area contributed by atoms with Gasteiger partial charge in [-0.3, -0.25) is 4.79 Å². The van der Waals surface area contributed by atoms with Crippen molar-refractivity contribution in [3.8, 4) is 0 Å². The Bertz CT molecular complexity index is 718. The van der Waals surface area contributed by atoms with E-state index >= 15 is 0 Å². The predicted molar refractivity (Wildman–Crippen MR) is 144 cm³/mol. The lowest BCUT2D eigenvalue weighted by Crippen LogP contribution is -1.93. The van der Waals surface area contributed by atoms with E-state index in [-0.39, 0.29) is 5.12 Å². The first-order valence-electron chi connectivity index (χ1n) is 11.5. The quantitative estimate of drug-likeness (QED) is 0.491. The second-order valence-electron chi connectivity index (χ2n) is 6.93. The highest BCUT2D eigenvalue weighted by atomic mass is 32.2. The van der Waals surface area contributed by atoms with Crippen LogP contribution < -0.4 is 5.73 Å². The minimum atomic E-state index is 0.169. The average Bonchev–Trinajstić information content (AvgIpc) is 2.79. The third kappa shape index (κ3) is 16.5. The first-order chi connectivity index (χ1) is 14.9. The average molecular weight is 444 g/mol. The molecule has 0 saturated heterocycles. The number of rotatable bonds is 6. The van der Waals surface area contributed by atoms with Crippen molar-refractivity contribution in [3.63, 3.8) is 0 Å². The zero-order valence-corrected chi connectivity index (χ0v) is 21.9. The van der Waals surface area contributed by atoms with Crippen LogP contribution in [0.15, 0.2) is 54.6 Å². The molecule has 0 unspecified atom stereocenters. The number of thioether (sulfide) groups is 1. The second kappa shape index (κ2) is 21.4. The molecule has 0 aromatic heterocycles. The van der Waals surface area contributed by atoms with Gasteiger partial charge in [-0.15, -0.1) is 0 Å². The highest BCUT2D eigenvalue weighted by Gasteiger charge is 2.05. The summed E-state index contributed by atoms with van der Waals surface area (Å²) in [5.74, 6) is 0.761. The van der Waals surface area contributed by atoms with Crippen molar-refractivity contribution in [1.82, 2.24) is 0 Å². The normalized spacial score (nSPS) is 9.90. The molecular weight excluding hydrogens is 398 g/mol. The van der Waals surface area contributed by atoms with Crippen LogP contribution in [0.5, 0.6) is 0 Å². The van der Waals surface area contributed by atoms with Gasteiger partial charge in [-0.05, 0) is 62.4 Å². The van der Waals surface area contributed by atoms with E-state index in [4.69, 9.17) is 5.73 Å². The van der Waals surface area contributed by atoms with Gasteiger partial charge in [0.2, 0.25) is 0 Å². The van der Waals surface area contributed by atoms with Crippen molar-refractivity contribution < 1.29 is 4.79 Å². The maximum Gasteiger partial charge on any atom is 0.186 e. The molecule has 0 atom stereocenters. The van der Waals surface area contributed by atoms with E-state index in [0.717, 1.165) is 18.7 Å². The lowest BCUT2D eigenvalue weighted by molar-refractivity contribution is -0.109. The summed E-state index contributed by atoms with van der Waals surface area (Å²) in [6, 6.07) is 17.0. The number of allylic oxidation sites excluding steroid dienone is 1. The number of carbonyl (C=O) groups excluding carboxylic acids is 1. The highest BCUT2D eigenvalue weighted by molar-refractivity contribution is 8.13. The van der Waals surface area contributed by atoms with E-state index in [0.29, 0.717) is 0 Å². The SMILES string of the molecule is C/C=C(/CSC(C)=O)c1ccccc1C.CC.CCCN.CCCc1ccc(C)cc1. The maximum atomic E-state index is 10.9. The van der Waals surface area contributed by atoms with Crippen LogP contribution >= 0.6 is 11.8 Å². The Kier molecular flexibility index (Phi) is 21.6. The number of aryl methyl sites for hydroxylation is 3. The number of hydrogen-bond acceptors (Lipinski definition) is 3. The summed E-state index contributed by atoms with van der Waals surface area (Å²) in [4.78, 5) is 10.9. The van der Waals surface area contributed by atoms with Crippen LogP contribution in [0.1, 0.15) is 76.6 Å². The van der Waals surface area contributed by atoms with E-state index in [1.807, 2.05) is 32.9 Å². The standard InChI is InChI=1S/C13H16OS.C10H14.C3H9N.C2H6/c1-4-12(9-15-11(3)14)13-8-6-5-7-10(13)2;1-3-4-10-7-5-9(2)6-8-10;1-2-3-4;1-2/h4-8H,9H2,1-3H3;5-8H,3-4H2,1-2H3;2-4H2,1H3;1-2H3/b12-4-;;;. The third-order valence-electron chi connectivity index (χ3n) is 4.22. The molecule has 0 amide bonds. The van der Waals surface area contributed by atoms with Gasteiger partial charge in [0.15, 0.2) is 5.12 Å². The Morgan fingerprint density at radius 1 is 0.968 bits per heavy atom. The van der Waals surface area contributed by atoms with Crippen LogP contribution in [0.3, 0.4) is 0 Å². The van der Waals surface area contributed by atoms with Gasteiger partial charge in [-0.2, -0.15) is 0 Å². The molecule has 2 rings (SSSR count). The van der Waals surface area contributed by atoms with Gasteiger partial charge in [-0.1, -0.05) is 106 Å². The van der Waals surface area contributed by atoms with E-state index in [2.05, 4.69) is 70.2 Å². The molecule has 0 bridgehead atoms. The van der Waals surface area contributed by atoms with E-state index in [9.17, 15) is 4.79 Å². The lowest BCUT2D eigenvalue weighted by atomic mass is 10.0. The van der Waals surface area contributed by atoms with Gasteiger partial charge in [-0.25, -0.2) is 0 Å². The van der Waals surface area contributed by atoms with Crippen LogP contribution in [0.25, 0.3) is 5.57 Å². The largest absolute Gasteiger partial charge is 0.330 e. The van der Waals surface area contributed by atoms with E-state index in [1.54, 1.807) is 6.92 Å². The van der Waals surface area contributed by atoms with Crippen LogP contribution in [0.2, 0.25) is 0 Å². The predicted octanol–water partition coefficient (Wildman–Crippen LogP) is 8.01. The number of nitrogens with two attached hydrogens (primary N) is 1. The van der Waals surface area contributed by atoms with Gasteiger partial charge in [0.25, 0.3) is 0 Å². The molecule has 0 aliphatic heterocycles. The Balaban J connectivity index is 0. The number of hydrogen-bond donors (Lipinski definition) is 1. The molecule has 0 fully saturated rings. The van der Waals surface area contributed by atoms with Gasteiger partial charge in [0, 0.05) is 12.7 Å². The monoisotopic (exact) mass is 443 g/mol. The van der Waals surface area contributed by atoms with Gasteiger partial charge in [0.1, 0.15) is 0 Å². The van der Waals surface area contributed by atoms with Gasteiger partial charge in [0.05, 0.1) is 0 Å². The lowest BCUT2D eigenvalue weighted by Gasteiger charge is -2.08. The molecule has 2 N–H and O–H groups in total. The summed E-state index contributed by atoms with van der Waals surface area (Å²) < 4.78 is 0. The summed E-state index contributed by atoms with van der Waals surface area (Å²) in [5, 5.41) is 0.169. The molecule has 31 heavy (non-hydrogen) atoms. The maximum absolute atomic E-state index is 10.9. The first kappa shape index (κ1) is 31.3. The summed E-state index contributed by atoms with van der Waals surface area (Å²) in [6.45, 7) is 16.9. The van der Waals surface area contributed by atoms with Crippen LogP contribution in [-0.2, 0) is 11.2 Å². The topological polar surface area (TPSA) is 43.1 Å². The molecule has 2 aromatic carbocycles. The fourth-order valence-electron chi connectivity index (χ4n) is 2.47. The van der Waals surface area contributed by atoms with Crippen molar-refractivity contribution in [1.29, 1.82) is 0 Å². The van der Waals surface area contributed by atoms with Crippen molar-refractivity contribution >= 4 is 22.5 Å². The Labute approximate surface area is 196 Å². The van der Waals surface area contributed by atoms with E-state index < -0.39 is 0 Å². The number of benzene rings is 2. The first-order valence-corrected chi connectivity index (χ1v) is 12.5. The van der Waals surface area contributed by atoms with Crippen LogP contribution in [-0.4, -0.2) is 17.4 Å². The molecule has 0 aliphatic carbocycles. The molecule has 2 nitrogen and oxygen atoms in total. The minimum absolute atomic E-state index is 0.169. The number of carbonyl (C=O) groups is 1. The van der Waals surface area contributed by atoms with Crippen molar-refractivity contribution in [3.05, 3.63) is 76.9 Å². The summed E-state index contributed by atoms with van der Waals surface area (Å²) in [6.07, 6.45) is 5.63. The fraction of sp³-hybridized carbons (Fsp3) is 0.464. The summed E-state index contributed by atoms with van der Waals surface area (Å²) in [7, 11) is 0. The second-order valence-corrected chi connectivity index (χ2v) is 8.09. The molecule has 2 aromatic rings. The zero-order valence-electron chi connectivity index (χ0n) is 21.1. The molecule has 0 radical (unpaired) electrons. The fourth-order valence-corrected chi connectivity index (χ4v) is 3.15. The van der Waals surface area contributed by atoms with Gasteiger partial charge >= 0.3 is 0 Å². The Hall–Kier alpha value is -1.84. The smallest absolute Gasteiger partial charge is 0.186 e. The van der Waals surface area contributed by atoms with Crippen molar-refractivity contribution in [2.75, 3.05) is 12.3 Å². The Morgan fingerprint density at radius 3 is 1.94 bits per heavy atom. The molecular formula is C28H45NOS. The molecule has 0 spiro atoms. The van der Waals surface area contributed by atoms with Crippen molar-refractivity contribution in [2.45, 2.75) is 74.7 Å². The highest BCUT2D eigenvalue weighted by Crippen LogP contribution is 2.22. The molecule has 174 valence electrons. The Morgan fingerprint density at radius 2 is 1.52 bits per heavy atom. The summed E-state index contributed by atoms with van der Waals surface area (Å²) >= 11 is 1.36. The van der Waals surface area contributed by atoms with Crippen molar-refractivity contribution in [2.24, 2.45) is 5.73 Å². The summed E-state index contributed by atoms with van der Waals surface area (Å²) in [5.41, 5.74) is 11.6. The molecule has 3 heteroatoms. The van der Waals surface area contributed by atoms with Gasteiger partial charge < -0.3 is 5.73 Å².